The third-order valence-electron chi connectivity index (χ3n) is 2.92. The number of nitrogens with zero attached hydrogens (tertiary/aromatic N) is 2. The van der Waals surface area contributed by atoms with Crippen molar-refractivity contribution in [3.8, 4) is 0 Å². The van der Waals surface area contributed by atoms with E-state index in [0.717, 1.165) is 19.5 Å². The molecule has 2 atom stereocenters. The number of likely N-dealkylation sites (tertiary alicyclic amines) is 1. The standard InChI is InChI=1S/C11H25N5/c1-8(2)13-11(15-12)14-10-5-6-16(4)7-9(10)3/h8-10H,5-7,12H2,1-4H3,(H2,13,14,15). The Hall–Kier alpha value is -0.810. The Morgan fingerprint density at radius 2 is 2.19 bits per heavy atom. The summed E-state index contributed by atoms with van der Waals surface area (Å²) >= 11 is 0. The summed E-state index contributed by atoms with van der Waals surface area (Å²) in [7, 11) is 2.16. The number of nitrogens with two attached hydrogens (primary N) is 1. The average molecular weight is 227 g/mol. The maximum atomic E-state index is 5.46. The Morgan fingerprint density at radius 3 is 2.69 bits per heavy atom. The first-order valence-corrected chi connectivity index (χ1v) is 6.02. The van der Waals surface area contributed by atoms with E-state index in [2.05, 4.69) is 48.5 Å². The van der Waals surface area contributed by atoms with Gasteiger partial charge in [0.2, 0.25) is 5.96 Å². The molecule has 16 heavy (non-hydrogen) atoms. The van der Waals surface area contributed by atoms with Crippen molar-refractivity contribution in [3.05, 3.63) is 0 Å². The summed E-state index contributed by atoms with van der Waals surface area (Å²) in [6.07, 6.45) is 1.10. The molecule has 1 rings (SSSR count). The van der Waals surface area contributed by atoms with Gasteiger partial charge in [0, 0.05) is 12.6 Å². The fourth-order valence-corrected chi connectivity index (χ4v) is 2.09. The van der Waals surface area contributed by atoms with Gasteiger partial charge < -0.3 is 10.2 Å². The first-order chi connectivity index (χ1) is 7.52. The Bertz CT molecular complexity index is 239. The normalized spacial score (nSPS) is 28.2. The van der Waals surface area contributed by atoms with E-state index in [9.17, 15) is 0 Å². The number of hydrogen-bond acceptors (Lipinski definition) is 3. The number of guanidine groups is 1. The van der Waals surface area contributed by atoms with Crippen molar-refractivity contribution in [2.45, 2.75) is 39.3 Å². The van der Waals surface area contributed by atoms with Crippen LogP contribution in [0.2, 0.25) is 0 Å². The van der Waals surface area contributed by atoms with Crippen LogP contribution in [-0.4, -0.2) is 43.1 Å². The van der Waals surface area contributed by atoms with Gasteiger partial charge in [-0.05, 0) is 39.8 Å². The lowest BCUT2D eigenvalue weighted by Crippen LogP contribution is -2.47. The molecule has 0 bridgehead atoms. The fraction of sp³-hybridized carbons (Fsp3) is 0.909. The van der Waals surface area contributed by atoms with Crippen molar-refractivity contribution >= 4 is 5.96 Å². The van der Waals surface area contributed by atoms with E-state index in [-0.39, 0.29) is 0 Å². The smallest absolute Gasteiger partial charge is 0.206 e. The first-order valence-electron chi connectivity index (χ1n) is 6.02. The lowest BCUT2D eigenvalue weighted by molar-refractivity contribution is 0.198. The number of hydrazine groups is 1. The van der Waals surface area contributed by atoms with Gasteiger partial charge >= 0.3 is 0 Å². The third-order valence-corrected chi connectivity index (χ3v) is 2.92. The summed E-state index contributed by atoms with van der Waals surface area (Å²) in [5.74, 6) is 6.74. The van der Waals surface area contributed by atoms with E-state index in [4.69, 9.17) is 5.84 Å². The highest BCUT2D eigenvalue weighted by atomic mass is 15.3. The first kappa shape index (κ1) is 13.3. The molecule has 1 aliphatic rings. The van der Waals surface area contributed by atoms with E-state index in [1.54, 1.807) is 0 Å². The van der Waals surface area contributed by atoms with Crippen LogP contribution < -0.4 is 16.6 Å². The molecule has 1 heterocycles. The van der Waals surface area contributed by atoms with Crippen molar-refractivity contribution < 1.29 is 0 Å². The van der Waals surface area contributed by atoms with Crippen molar-refractivity contribution in [2.75, 3.05) is 20.1 Å². The lowest BCUT2D eigenvalue weighted by Gasteiger charge is -2.33. The third kappa shape index (κ3) is 3.98. The SMILES string of the molecule is CC(C)NC(=NC1CCN(C)CC1C)NN. The van der Waals surface area contributed by atoms with Crippen LogP contribution in [0, 0.1) is 5.92 Å². The minimum atomic E-state index is 0.344. The summed E-state index contributed by atoms with van der Waals surface area (Å²) < 4.78 is 0. The van der Waals surface area contributed by atoms with Gasteiger partial charge in [0.25, 0.3) is 0 Å². The highest BCUT2D eigenvalue weighted by molar-refractivity contribution is 5.79. The highest BCUT2D eigenvalue weighted by Crippen LogP contribution is 2.18. The van der Waals surface area contributed by atoms with Crippen molar-refractivity contribution in [3.63, 3.8) is 0 Å². The second kappa shape index (κ2) is 6.06. The minimum Gasteiger partial charge on any atom is -0.353 e. The molecular weight excluding hydrogens is 202 g/mol. The molecule has 0 aromatic heterocycles. The van der Waals surface area contributed by atoms with Crippen LogP contribution in [0.1, 0.15) is 27.2 Å². The zero-order valence-electron chi connectivity index (χ0n) is 10.8. The van der Waals surface area contributed by atoms with Gasteiger partial charge in [0.15, 0.2) is 0 Å². The van der Waals surface area contributed by atoms with Crippen LogP contribution in [0.5, 0.6) is 0 Å². The van der Waals surface area contributed by atoms with E-state index in [1.165, 1.54) is 0 Å². The molecule has 5 heteroatoms. The number of piperidine rings is 1. The summed E-state index contributed by atoms with van der Waals surface area (Å²) in [4.78, 5) is 7.00. The Kier molecular flexibility index (Phi) is 5.02. The lowest BCUT2D eigenvalue weighted by atomic mass is 9.95. The predicted octanol–water partition coefficient (Wildman–Crippen LogP) is 0.144. The van der Waals surface area contributed by atoms with Crippen molar-refractivity contribution in [2.24, 2.45) is 16.8 Å². The molecule has 0 saturated carbocycles. The predicted molar refractivity (Wildman–Crippen MR) is 68.1 cm³/mol. The molecule has 0 aromatic rings. The molecule has 1 aliphatic heterocycles. The Labute approximate surface area is 98.4 Å². The van der Waals surface area contributed by atoms with Crippen molar-refractivity contribution in [1.29, 1.82) is 0 Å². The van der Waals surface area contributed by atoms with E-state index < -0.39 is 0 Å². The zero-order valence-corrected chi connectivity index (χ0v) is 10.8. The van der Waals surface area contributed by atoms with Crippen LogP contribution in [0.25, 0.3) is 0 Å². The molecular formula is C11H25N5. The van der Waals surface area contributed by atoms with Crippen LogP contribution in [0.3, 0.4) is 0 Å². The Balaban J connectivity index is 2.58. The molecule has 0 aromatic carbocycles. The molecule has 94 valence electrons. The quantitative estimate of drug-likeness (QED) is 0.272. The minimum absolute atomic E-state index is 0.344. The van der Waals surface area contributed by atoms with Gasteiger partial charge in [-0.25, -0.2) is 10.8 Å². The second-order valence-corrected chi connectivity index (χ2v) is 5.02. The van der Waals surface area contributed by atoms with E-state index >= 15 is 0 Å². The summed E-state index contributed by atoms with van der Waals surface area (Å²) in [6, 6.07) is 0.713. The van der Waals surface area contributed by atoms with Gasteiger partial charge in [-0.3, -0.25) is 5.43 Å². The molecule has 1 saturated heterocycles. The maximum absolute atomic E-state index is 5.46. The van der Waals surface area contributed by atoms with Crippen LogP contribution in [0.15, 0.2) is 4.99 Å². The molecule has 4 N–H and O–H groups in total. The zero-order chi connectivity index (χ0) is 12.1. The largest absolute Gasteiger partial charge is 0.353 e. The second-order valence-electron chi connectivity index (χ2n) is 5.02. The maximum Gasteiger partial charge on any atom is 0.206 e. The van der Waals surface area contributed by atoms with E-state index in [0.29, 0.717) is 24.0 Å². The van der Waals surface area contributed by atoms with Crippen LogP contribution in [-0.2, 0) is 0 Å². The summed E-state index contributed by atoms with van der Waals surface area (Å²) in [6.45, 7) is 8.61. The number of hydrogen-bond donors (Lipinski definition) is 3. The highest BCUT2D eigenvalue weighted by Gasteiger charge is 2.24. The van der Waals surface area contributed by atoms with E-state index in [1.807, 2.05) is 0 Å². The number of aliphatic imine (C=N–C) groups is 1. The number of rotatable bonds is 2. The van der Waals surface area contributed by atoms with Gasteiger partial charge in [-0.1, -0.05) is 6.92 Å². The Morgan fingerprint density at radius 1 is 1.50 bits per heavy atom. The van der Waals surface area contributed by atoms with Gasteiger partial charge in [0.1, 0.15) is 0 Å². The average Bonchev–Trinajstić information content (AvgIpc) is 2.20. The monoisotopic (exact) mass is 227 g/mol. The fourth-order valence-electron chi connectivity index (χ4n) is 2.09. The molecule has 0 radical (unpaired) electrons. The molecule has 0 spiro atoms. The van der Waals surface area contributed by atoms with Crippen LogP contribution >= 0.6 is 0 Å². The van der Waals surface area contributed by atoms with Crippen molar-refractivity contribution in [1.82, 2.24) is 15.6 Å². The summed E-state index contributed by atoms with van der Waals surface area (Å²) in [5, 5.41) is 3.21. The molecule has 0 amide bonds. The van der Waals surface area contributed by atoms with Gasteiger partial charge in [-0.2, -0.15) is 0 Å². The molecule has 0 aliphatic carbocycles. The topological polar surface area (TPSA) is 65.7 Å². The molecule has 1 fully saturated rings. The molecule has 2 unspecified atom stereocenters. The van der Waals surface area contributed by atoms with Gasteiger partial charge in [-0.15, -0.1) is 0 Å². The van der Waals surface area contributed by atoms with Gasteiger partial charge in [0.05, 0.1) is 6.04 Å². The number of nitrogens with one attached hydrogen (secondary N) is 2. The van der Waals surface area contributed by atoms with Crippen LogP contribution in [0.4, 0.5) is 0 Å². The summed E-state index contributed by atoms with van der Waals surface area (Å²) in [5.41, 5.74) is 2.64. The molecule has 5 nitrogen and oxygen atoms in total.